The number of aromatic amines is 1. The molecule has 0 amide bonds. The number of H-pyrrole nitrogens is 1. The molecule has 2 N–H and O–H groups in total. The molecule has 0 aliphatic rings. The molecule has 2 aromatic rings. The van der Waals surface area contributed by atoms with Crippen molar-refractivity contribution in [3.05, 3.63) is 30.0 Å². The van der Waals surface area contributed by atoms with Crippen LogP contribution >= 0.6 is 0 Å². The fourth-order valence-electron chi connectivity index (χ4n) is 2.69. The van der Waals surface area contributed by atoms with Crippen molar-refractivity contribution in [3.8, 4) is 5.75 Å². The highest BCUT2D eigenvalue weighted by atomic mass is 16.5. The van der Waals surface area contributed by atoms with Crippen LogP contribution in [0.3, 0.4) is 0 Å². The minimum atomic E-state index is -0.841. The predicted octanol–water partition coefficient (Wildman–Crippen LogP) is 3.21. The van der Waals surface area contributed by atoms with Crippen LogP contribution in [-0.4, -0.2) is 47.1 Å². The van der Waals surface area contributed by atoms with Gasteiger partial charge in [-0.05, 0) is 50.6 Å². The molecule has 0 bridgehead atoms. The highest BCUT2D eigenvalue weighted by molar-refractivity contribution is 5.91. The monoisotopic (exact) mass is 346 g/mol. The fraction of sp³-hybridized carbons (Fsp3) is 0.474. The highest BCUT2D eigenvalue weighted by Gasteiger charge is 2.13. The first-order valence-electron chi connectivity index (χ1n) is 8.71. The number of likely N-dealkylation sites (N-methyl/N-ethyl adjacent to an activating group) is 1. The van der Waals surface area contributed by atoms with Crippen molar-refractivity contribution in [1.29, 1.82) is 0 Å². The maximum absolute atomic E-state index is 12.1. The summed E-state index contributed by atoms with van der Waals surface area (Å²) in [6.45, 7) is 4.04. The Bertz CT molecular complexity index is 723. The molecular formula is C19H26N2O4. The Kier molecular flexibility index (Phi) is 7.01. The molecular weight excluding hydrogens is 320 g/mol. The SMILES string of the molecule is CCN(C)CCc1c[nH]c2cccc(OC(=O)CCCCC(=O)O)c12. The molecule has 0 unspecified atom stereocenters. The number of carboxylic acids is 1. The van der Waals surface area contributed by atoms with E-state index in [0.29, 0.717) is 18.6 Å². The van der Waals surface area contributed by atoms with Gasteiger partial charge in [-0.3, -0.25) is 9.59 Å². The Hall–Kier alpha value is -2.34. The van der Waals surface area contributed by atoms with Gasteiger partial charge in [0, 0.05) is 36.5 Å². The Morgan fingerprint density at radius 2 is 2.00 bits per heavy atom. The van der Waals surface area contributed by atoms with Gasteiger partial charge in [0.15, 0.2) is 0 Å². The lowest BCUT2D eigenvalue weighted by atomic mass is 10.1. The number of aliphatic carboxylic acids is 1. The van der Waals surface area contributed by atoms with E-state index in [0.717, 1.165) is 36.0 Å². The molecule has 0 aliphatic heterocycles. The summed E-state index contributed by atoms with van der Waals surface area (Å²) in [6, 6.07) is 5.62. The molecule has 2 rings (SSSR count). The average molecular weight is 346 g/mol. The number of carbonyl (C=O) groups is 2. The molecule has 6 heteroatoms. The van der Waals surface area contributed by atoms with Gasteiger partial charge in [0.25, 0.3) is 0 Å². The third-order valence-electron chi connectivity index (χ3n) is 4.30. The Morgan fingerprint density at radius 3 is 2.72 bits per heavy atom. The number of carbonyl (C=O) groups excluding carboxylic acids is 1. The molecule has 0 radical (unpaired) electrons. The standard InChI is InChI=1S/C19H26N2O4/c1-3-21(2)12-11-14-13-20-15-7-6-8-16(19(14)15)25-18(24)10-5-4-9-17(22)23/h6-8,13,20H,3-5,9-12H2,1-2H3,(H,22,23). The third kappa shape index (κ3) is 5.60. The van der Waals surface area contributed by atoms with Gasteiger partial charge in [0.1, 0.15) is 5.75 Å². The van der Waals surface area contributed by atoms with Crippen LogP contribution in [0.15, 0.2) is 24.4 Å². The molecule has 0 fully saturated rings. The maximum Gasteiger partial charge on any atom is 0.311 e. The normalized spacial score (nSPS) is 11.2. The van der Waals surface area contributed by atoms with E-state index in [1.54, 1.807) is 6.07 Å². The van der Waals surface area contributed by atoms with Crippen molar-refractivity contribution in [2.45, 2.75) is 39.0 Å². The maximum atomic E-state index is 12.1. The van der Waals surface area contributed by atoms with Crippen molar-refractivity contribution in [1.82, 2.24) is 9.88 Å². The van der Waals surface area contributed by atoms with E-state index in [2.05, 4.69) is 23.9 Å². The first-order valence-corrected chi connectivity index (χ1v) is 8.71. The van der Waals surface area contributed by atoms with Gasteiger partial charge in [-0.25, -0.2) is 0 Å². The van der Waals surface area contributed by atoms with Crippen LogP contribution in [0.1, 0.15) is 38.2 Å². The first kappa shape index (κ1) is 19.0. The minimum Gasteiger partial charge on any atom is -0.481 e. The molecule has 1 aromatic heterocycles. The van der Waals surface area contributed by atoms with E-state index in [9.17, 15) is 9.59 Å². The summed E-state index contributed by atoms with van der Waals surface area (Å²) in [5.41, 5.74) is 2.08. The predicted molar refractivity (Wildman–Crippen MR) is 96.9 cm³/mol. The molecule has 0 saturated heterocycles. The van der Waals surface area contributed by atoms with Crippen molar-refractivity contribution in [3.63, 3.8) is 0 Å². The van der Waals surface area contributed by atoms with Gasteiger partial charge < -0.3 is 19.7 Å². The molecule has 6 nitrogen and oxygen atoms in total. The molecule has 1 heterocycles. The van der Waals surface area contributed by atoms with E-state index >= 15 is 0 Å². The number of fused-ring (bicyclic) bond motifs is 1. The molecule has 0 aliphatic carbocycles. The molecule has 25 heavy (non-hydrogen) atoms. The number of carboxylic acid groups (broad SMARTS) is 1. The smallest absolute Gasteiger partial charge is 0.311 e. The summed E-state index contributed by atoms with van der Waals surface area (Å²) in [4.78, 5) is 28.0. The molecule has 0 saturated carbocycles. The largest absolute Gasteiger partial charge is 0.481 e. The zero-order valence-corrected chi connectivity index (χ0v) is 14.9. The molecule has 1 aromatic carbocycles. The zero-order valence-electron chi connectivity index (χ0n) is 14.9. The van der Waals surface area contributed by atoms with Gasteiger partial charge in [-0.15, -0.1) is 0 Å². The first-order chi connectivity index (χ1) is 12.0. The minimum absolute atomic E-state index is 0.0791. The average Bonchev–Trinajstić information content (AvgIpc) is 3.00. The summed E-state index contributed by atoms with van der Waals surface area (Å²) in [6.07, 6.45) is 4.14. The van der Waals surface area contributed by atoms with Crippen molar-refractivity contribution in [2.24, 2.45) is 0 Å². The summed E-state index contributed by atoms with van der Waals surface area (Å²) in [5, 5.41) is 9.57. The van der Waals surface area contributed by atoms with E-state index in [1.807, 2.05) is 18.3 Å². The van der Waals surface area contributed by atoms with Crippen LogP contribution in [0.2, 0.25) is 0 Å². The third-order valence-corrected chi connectivity index (χ3v) is 4.30. The quantitative estimate of drug-likeness (QED) is 0.392. The Labute approximate surface area is 147 Å². The number of benzene rings is 1. The summed E-state index contributed by atoms with van der Waals surface area (Å²) in [7, 11) is 2.08. The van der Waals surface area contributed by atoms with E-state index in [4.69, 9.17) is 9.84 Å². The van der Waals surface area contributed by atoms with Crippen molar-refractivity contribution in [2.75, 3.05) is 20.1 Å². The summed E-state index contributed by atoms with van der Waals surface area (Å²) in [5.74, 6) is -0.598. The van der Waals surface area contributed by atoms with Gasteiger partial charge in [0.05, 0.1) is 0 Å². The van der Waals surface area contributed by atoms with Gasteiger partial charge in [-0.1, -0.05) is 13.0 Å². The number of hydrogen-bond acceptors (Lipinski definition) is 4. The topological polar surface area (TPSA) is 82.6 Å². The highest BCUT2D eigenvalue weighted by Crippen LogP contribution is 2.29. The lowest BCUT2D eigenvalue weighted by Crippen LogP contribution is -2.20. The number of nitrogens with zero attached hydrogens (tertiary/aromatic N) is 1. The van der Waals surface area contributed by atoms with Crippen LogP contribution in [0.25, 0.3) is 10.9 Å². The molecule has 0 spiro atoms. The Morgan fingerprint density at radius 1 is 1.24 bits per heavy atom. The van der Waals surface area contributed by atoms with Crippen LogP contribution < -0.4 is 4.74 Å². The number of esters is 1. The van der Waals surface area contributed by atoms with Gasteiger partial charge in [-0.2, -0.15) is 0 Å². The number of nitrogens with one attached hydrogen (secondary N) is 1. The number of ether oxygens (including phenoxy) is 1. The van der Waals surface area contributed by atoms with Crippen LogP contribution in [0.5, 0.6) is 5.75 Å². The fourth-order valence-corrected chi connectivity index (χ4v) is 2.69. The number of aromatic nitrogens is 1. The lowest BCUT2D eigenvalue weighted by molar-refractivity contribution is -0.138. The number of hydrogen-bond donors (Lipinski definition) is 2. The van der Waals surface area contributed by atoms with E-state index in [1.165, 1.54) is 0 Å². The van der Waals surface area contributed by atoms with Gasteiger partial charge in [0.2, 0.25) is 0 Å². The van der Waals surface area contributed by atoms with Crippen molar-refractivity contribution >= 4 is 22.8 Å². The van der Waals surface area contributed by atoms with Crippen molar-refractivity contribution < 1.29 is 19.4 Å². The molecule has 136 valence electrons. The van der Waals surface area contributed by atoms with Crippen LogP contribution in [-0.2, 0) is 16.0 Å². The molecule has 0 atom stereocenters. The number of rotatable bonds is 10. The zero-order chi connectivity index (χ0) is 18.2. The second-order valence-corrected chi connectivity index (χ2v) is 6.21. The Balaban J connectivity index is 2.03. The van der Waals surface area contributed by atoms with Gasteiger partial charge >= 0.3 is 11.9 Å². The summed E-state index contributed by atoms with van der Waals surface area (Å²) >= 11 is 0. The van der Waals surface area contributed by atoms with Crippen LogP contribution in [0, 0.1) is 0 Å². The lowest BCUT2D eigenvalue weighted by Gasteiger charge is -2.13. The van der Waals surface area contributed by atoms with Crippen LogP contribution in [0.4, 0.5) is 0 Å². The van der Waals surface area contributed by atoms with E-state index in [-0.39, 0.29) is 18.8 Å². The number of unbranched alkanes of at least 4 members (excludes halogenated alkanes) is 1. The second kappa shape index (κ2) is 9.22. The summed E-state index contributed by atoms with van der Waals surface area (Å²) < 4.78 is 5.55. The second-order valence-electron chi connectivity index (χ2n) is 6.21. The van der Waals surface area contributed by atoms with E-state index < -0.39 is 5.97 Å².